The fourth-order valence-corrected chi connectivity index (χ4v) is 5.14. The molecule has 0 radical (unpaired) electrons. The Hall–Kier alpha value is -2.62. The van der Waals surface area contributed by atoms with E-state index in [9.17, 15) is 13.2 Å². The summed E-state index contributed by atoms with van der Waals surface area (Å²) >= 11 is 0. The van der Waals surface area contributed by atoms with E-state index < -0.39 is 10.0 Å². The van der Waals surface area contributed by atoms with Crippen LogP contribution < -0.4 is 0 Å². The Balaban J connectivity index is 1.74. The van der Waals surface area contributed by atoms with Crippen molar-refractivity contribution < 1.29 is 13.2 Å². The molecule has 1 amide bonds. The van der Waals surface area contributed by atoms with E-state index in [1.165, 1.54) is 4.31 Å². The molecule has 1 saturated heterocycles. The summed E-state index contributed by atoms with van der Waals surface area (Å²) in [4.78, 5) is 15.1. The zero-order valence-corrected chi connectivity index (χ0v) is 17.4. The molecule has 6 heteroatoms. The second-order valence-corrected chi connectivity index (χ2v) is 9.34. The summed E-state index contributed by atoms with van der Waals surface area (Å²) in [5, 5.41) is 0. The van der Waals surface area contributed by atoms with Gasteiger partial charge in [0.25, 0.3) is 0 Å². The minimum absolute atomic E-state index is 0.0866. The molecule has 1 aliphatic rings. The molecule has 0 aromatic heterocycles. The maximum atomic E-state index is 13.2. The third-order valence-corrected chi connectivity index (χ3v) is 7.08. The number of nitrogens with zero attached hydrogens (tertiary/aromatic N) is 2. The molecule has 29 heavy (non-hydrogen) atoms. The Labute approximate surface area is 173 Å². The van der Waals surface area contributed by atoms with Gasteiger partial charge in [0, 0.05) is 19.6 Å². The first-order valence-corrected chi connectivity index (χ1v) is 11.2. The fourth-order valence-electron chi connectivity index (χ4n) is 3.60. The summed E-state index contributed by atoms with van der Waals surface area (Å²) in [6.07, 6.45) is 6.81. The first kappa shape index (κ1) is 21.1. The normalized spacial score (nSPS) is 17.4. The number of rotatable bonds is 6. The number of carbonyl (C=O) groups excluding carboxylic acids is 1. The molecule has 1 heterocycles. The molecule has 2 aromatic rings. The number of hydrogen-bond donors (Lipinski definition) is 0. The largest absolute Gasteiger partial charge is 0.327 e. The topological polar surface area (TPSA) is 57.7 Å². The molecule has 3 rings (SSSR count). The lowest BCUT2D eigenvalue weighted by Crippen LogP contribution is -2.46. The summed E-state index contributed by atoms with van der Waals surface area (Å²) < 4.78 is 27.3. The van der Waals surface area contributed by atoms with E-state index in [0.29, 0.717) is 25.9 Å². The van der Waals surface area contributed by atoms with E-state index in [1.54, 1.807) is 35.2 Å². The zero-order chi connectivity index (χ0) is 20.9. The lowest BCUT2D eigenvalue weighted by molar-refractivity contribution is -0.136. The van der Waals surface area contributed by atoms with E-state index in [2.05, 4.69) is 5.92 Å². The Morgan fingerprint density at radius 3 is 2.52 bits per heavy atom. The number of aryl methyl sites for hydroxylation is 1. The summed E-state index contributed by atoms with van der Waals surface area (Å²) in [5.41, 5.74) is 2.15. The van der Waals surface area contributed by atoms with Crippen LogP contribution in [-0.2, 0) is 21.4 Å². The molecule has 1 atom stereocenters. The molecule has 2 aromatic carbocycles. The predicted octanol–water partition coefficient (Wildman–Crippen LogP) is 3.06. The molecule has 0 aliphatic carbocycles. The van der Waals surface area contributed by atoms with Crippen LogP contribution in [0.2, 0.25) is 0 Å². The van der Waals surface area contributed by atoms with Crippen LogP contribution >= 0.6 is 0 Å². The molecule has 0 N–H and O–H groups in total. The number of carbonyl (C=O) groups is 1. The first-order valence-electron chi connectivity index (χ1n) is 9.75. The van der Waals surface area contributed by atoms with Gasteiger partial charge in [-0.05, 0) is 37.5 Å². The highest BCUT2D eigenvalue weighted by atomic mass is 32.2. The lowest BCUT2D eigenvalue weighted by Gasteiger charge is -2.34. The second kappa shape index (κ2) is 9.25. The van der Waals surface area contributed by atoms with Crippen molar-refractivity contribution in [3.05, 3.63) is 65.7 Å². The minimum Gasteiger partial charge on any atom is -0.327 e. The molecule has 1 aliphatic heterocycles. The van der Waals surface area contributed by atoms with Crippen LogP contribution in [0.3, 0.4) is 0 Å². The van der Waals surface area contributed by atoms with Gasteiger partial charge in [-0.3, -0.25) is 4.79 Å². The molecule has 5 nitrogen and oxygen atoms in total. The van der Waals surface area contributed by atoms with Crippen molar-refractivity contribution in [2.75, 3.05) is 19.6 Å². The number of sulfonamides is 1. The van der Waals surface area contributed by atoms with Crippen molar-refractivity contribution in [2.45, 2.75) is 31.2 Å². The molecule has 0 bridgehead atoms. The monoisotopic (exact) mass is 410 g/mol. The summed E-state index contributed by atoms with van der Waals surface area (Å²) in [6.45, 7) is 3.25. The van der Waals surface area contributed by atoms with Crippen LogP contribution in [0.15, 0.2) is 59.5 Å². The highest BCUT2D eigenvalue weighted by molar-refractivity contribution is 7.89. The van der Waals surface area contributed by atoms with Gasteiger partial charge in [-0.1, -0.05) is 53.9 Å². The van der Waals surface area contributed by atoms with Crippen molar-refractivity contribution in [1.82, 2.24) is 9.21 Å². The minimum atomic E-state index is -3.61. The summed E-state index contributed by atoms with van der Waals surface area (Å²) in [6, 6.07) is 16.3. The smallest absolute Gasteiger partial charge is 0.243 e. The van der Waals surface area contributed by atoms with Gasteiger partial charge >= 0.3 is 0 Å². The maximum Gasteiger partial charge on any atom is 0.243 e. The Morgan fingerprint density at radius 1 is 1.17 bits per heavy atom. The Bertz CT molecular complexity index is 979. The summed E-state index contributed by atoms with van der Waals surface area (Å²) in [7, 11) is -3.61. The number of amides is 1. The molecule has 152 valence electrons. The van der Waals surface area contributed by atoms with Crippen LogP contribution in [0.25, 0.3) is 0 Å². The molecule has 0 saturated carbocycles. The van der Waals surface area contributed by atoms with Gasteiger partial charge < -0.3 is 4.90 Å². The first-order chi connectivity index (χ1) is 13.9. The molecule has 1 fully saturated rings. The number of terminal acetylenes is 1. The van der Waals surface area contributed by atoms with Gasteiger partial charge in [-0.2, -0.15) is 4.31 Å². The Kier molecular flexibility index (Phi) is 6.73. The van der Waals surface area contributed by atoms with Crippen LogP contribution in [0.5, 0.6) is 0 Å². The van der Waals surface area contributed by atoms with E-state index in [-0.39, 0.29) is 29.8 Å². The molecular formula is C23H26N2O3S. The second-order valence-electron chi connectivity index (χ2n) is 7.40. The Morgan fingerprint density at radius 2 is 1.86 bits per heavy atom. The number of hydrogen-bond acceptors (Lipinski definition) is 3. The van der Waals surface area contributed by atoms with Crippen molar-refractivity contribution in [2.24, 2.45) is 5.92 Å². The van der Waals surface area contributed by atoms with E-state index in [4.69, 9.17) is 6.42 Å². The average molecular weight is 411 g/mol. The van der Waals surface area contributed by atoms with Gasteiger partial charge in [-0.15, -0.1) is 6.42 Å². The van der Waals surface area contributed by atoms with E-state index in [1.807, 2.05) is 31.2 Å². The highest BCUT2D eigenvalue weighted by Gasteiger charge is 2.34. The third-order valence-electron chi connectivity index (χ3n) is 5.20. The average Bonchev–Trinajstić information content (AvgIpc) is 2.75. The number of benzene rings is 2. The van der Waals surface area contributed by atoms with Crippen LogP contribution in [0.1, 0.15) is 24.0 Å². The van der Waals surface area contributed by atoms with Gasteiger partial charge in [0.1, 0.15) is 0 Å². The highest BCUT2D eigenvalue weighted by Crippen LogP contribution is 2.25. The van der Waals surface area contributed by atoms with Gasteiger partial charge in [0.2, 0.25) is 15.9 Å². The SMILES string of the molecule is C#CCN(Cc1ccc(C)cc1)C(=O)C1CCCN(S(=O)(=O)c2ccccc2)C1. The van der Waals surface area contributed by atoms with Gasteiger partial charge in [0.15, 0.2) is 0 Å². The standard InChI is InChI=1S/C23H26N2O3S/c1-3-15-24(17-20-13-11-19(2)12-14-20)23(26)21-8-7-16-25(18-21)29(27,28)22-9-5-4-6-10-22/h1,4-6,9-14,21H,7-8,15-18H2,2H3. The van der Waals surface area contributed by atoms with Gasteiger partial charge in [-0.25, -0.2) is 8.42 Å². The van der Waals surface area contributed by atoms with Crippen molar-refractivity contribution in [3.63, 3.8) is 0 Å². The van der Waals surface area contributed by atoms with Crippen molar-refractivity contribution in [1.29, 1.82) is 0 Å². The van der Waals surface area contributed by atoms with Crippen molar-refractivity contribution in [3.8, 4) is 12.3 Å². The quantitative estimate of drug-likeness (QED) is 0.688. The van der Waals surface area contributed by atoms with Crippen LogP contribution in [-0.4, -0.2) is 43.2 Å². The summed E-state index contributed by atoms with van der Waals surface area (Å²) in [5.74, 6) is 2.09. The van der Waals surface area contributed by atoms with E-state index >= 15 is 0 Å². The fraction of sp³-hybridized carbons (Fsp3) is 0.348. The predicted molar refractivity (Wildman–Crippen MR) is 113 cm³/mol. The zero-order valence-electron chi connectivity index (χ0n) is 16.6. The van der Waals surface area contributed by atoms with E-state index in [0.717, 1.165) is 11.1 Å². The van der Waals surface area contributed by atoms with Crippen molar-refractivity contribution >= 4 is 15.9 Å². The molecule has 0 spiro atoms. The maximum absolute atomic E-state index is 13.2. The van der Waals surface area contributed by atoms with Gasteiger partial charge in [0.05, 0.1) is 17.4 Å². The third kappa shape index (κ3) is 5.06. The van der Waals surface area contributed by atoms with Crippen LogP contribution in [0.4, 0.5) is 0 Å². The molecular weight excluding hydrogens is 384 g/mol. The molecule has 1 unspecified atom stereocenters. The lowest BCUT2D eigenvalue weighted by atomic mass is 9.97. The van der Waals surface area contributed by atoms with Crippen LogP contribution in [0, 0.1) is 25.2 Å². The number of piperidine rings is 1.